The summed E-state index contributed by atoms with van der Waals surface area (Å²) in [5.74, 6) is -0.815. The van der Waals surface area contributed by atoms with Gasteiger partial charge in [-0.15, -0.1) is 5.10 Å². The molecule has 6 rings (SSSR count). The minimum absolute atomic E-state index is 0.000892. The molecular formula is C37H39FN8O4. The summed E-state index contributed by atoms with van der Waals surface area (Å²) in [5.41, 5.74) is 2.95. The molecule has 1 aliphatic carbocycles. The van der Waals surface area contributed by atoms with Crippen molar-refractivity contribution in [2.45, 2.75) is 56.5 Å². The second-order valence-corrected chi connectivity index (χ2v) is 12.8. The zero-order valence-electron chi connectivity index (χ0n) is 28.2. The molecule has 0 radical (unpaired) electrons. The molecule has 0 bridgehead atoms. The van der Waals surface area contributed by atoms with Crippen molar-refractivity contribution in [1.82, 2.24) is 35.6 Å². The maximum absolute atomic E-state index is 13.9. The van der Waals surface area contributed by atoms with Crippen LogP contribution in [0.3, 0.4) is 0 Å². The molecule has 1 aliphatic heterocycles. The standard InChI is InChI=1S/C37H39FN8O4/c1-22(42-21-32(47)45-16-4-5-29(45)20-39)19-37(35-43-36(50)46(44-35)28-12-10-27(38)11-13-28)30-14-8-25(33(48)40-2)17-23(30)6-7-24-18-26(34(49)41-3)9-15-31(24)37/h8-15,17-18,22,29,42H,4-7,16,19,21H2,1-3H3,(H,40,48)(H,41,49)(H,43,44,50)/t22-,29-/m0/s1. The number of H-pyrrole nitrogens is 1. The molecule has 3 aromatic carbocycles. The number of hydrogen-bond donors (Lipinski definition) is 4. The summed E-state index contributed by atoms with van der Waals surface area (Å²) in [7, 11) is 3.13. The smallest absolute Gasteiger partial charge is 0.348 e. The van der Waals surface area contributed by atoms with Crippen molar-refractivity contribution in [2.24, 2.45) is 0 Å². The summed E-state index contributed by atoms with van der Waals surface area (Å²) >= 11 is 0. The highest BCUT2D eigenvalue weighted by atomic mass is 19.1. The first-order valence-electron chi connectivity index (χ1n) is 16.7. The number of amides is 3. The van der Waals surface area contributed by atoms with Crippen molar-refractivity contribution in [3.63, 3.8) is 0 Å². The maximum Gasteiger partial charge on any atom is 0.348 e. The quantitative estimate of drug-likeness (QED) is 0.211. The van der Waals surface area contributed by atoms with E-state index in [1.54, 1.807) is 31.1 Å². The topological polar surface area (TPSA) is 165 Å². The predicted octanol–water partition coefficient (Wildman–Crippen LogP) is 2.73. The summed E-state index contributed by atoms with van der Waals surface area (Å²) < 4.78 is 15.0. The number of aromatic nitrogens is 3. The molecule has 2 aliphatic rings. The van der Waals surface area contributed by atoms with Crippen LogP contribution in [0.5, 0.6) is 0 Å². The number of aryl methyl sites for hydroxylation is 2. The average molecular weight is 679 g/mol. The monoisotopic (exact) mass is 678 g/mol. The van der Waals surface area contributed by atoms with Crippen LogP contribution in [0.15, 0.2) is 65.5 Å². The van der Waals surface area contributed by atoms with E-state index in [9.17, 15) is 28.8 Å². The number of likely N-dealkylation sites (tertiary alicyclic amines) is 1. The largest absolute Gasteiger partial charge is 0.355 e. The van der Waals surface area contributed by atoms with E-state index in [0.717, 1.165) is 28.7 Å². The lowest BCUT2D eigenvalue weighted by molar-refractivity contribution is -0.130. The minimum Gasteiger partial charge on any atom is -0.355 e. The number of halogens is 1. The summed E-state index contributed by atoms with van der Waals surface area (Å²) in [5, 5.41) is 23.1. The van der Waals surface area contributed by atoms with Crippen LogP contribution < -0.4 is 21.6 Å². The first-order valence-corrected chi connectivity index (χ1v) is 16.7. The van der Waals surface area contributed by atoms with Gasteiger partial charge in [-0.3, -0.25) is 19.4 Å². The third kappa shape index (κ3) is 6.30. The fourth-order valence-corrected chi connectivity index (χ4v) is 7.36. The van der Waals surface area contributed by atoms with E-state index in [1.165, 1.54) is 28.9 Å². The molecule has 0 unspecified atom stereocenters. The van der Waals surface area contributed by atoms with E-state index in [4.69, 9.17) is 5.10 Å². The molecule has 258 valence electrons. The summed E-state index contributed by atoms with van der Waals surface area (Å²) in [6.07, 6.45) is 2.78. The van der Waals surface area contributed by atoms with Crippen LogP contribution in [0.25, 0.3) is 5.69 Å². The fourth-order valence-electron chi connectivity index (χ4n) is 7.36. The summed E-state index contributed by atoms with van der Waals surface area (Å²) in [6.45, 7) is 2.47. The second-order valence-electron chi connectivity index (χ2n) is 12.8. The number of aromatic amines is 1. The predicted molar refractivity (Wildman–Crippen MR) is 184 cm³/mol. The van der Waals surface area contributed by atoms with Gasteiger partial charge in [-0.1, -0.05) is 12.1 Å². The Kier molecular flexibility index (Phi) is 9.65. The van der Waals surface area contributed by atoms with Gasteiger partial charge in [0.15, 0.2) is 0 Å². The van der Waals surface area contributed by atoms with E-state index in [2.05, 4.69) is 27.0 Å². The number of carbonyl (C=O) groups is 3. The Bertz CT molecular complexity index is 1980. The Morgan fingerprint density at radius 3 is 2.16 bits per heavy atom. The maximum atomic E-state index is 13.9. The van der Waals surface area contributed by atoms with Crippen LogP contribution in [0.4, 0.5) is 4.39 Å². The molecule has 12 nitrogen and oxygen atoms in total. The van der Waals surface area contributed by atoms with Gasteiger partial charge in [0.2, 0.25) is 5.91 Å². The zero-order valence-corrected chi connectivity index (χ0v) is 28.2. The Morgan fingerprint density at radius 1 is 1.00 bits per heavy atom. The van der Waals surface area contributed by atoms with E-state index in [-0.39, 0.29) is 30.3 Å². The van der Waals surface area contributed by atoms with Gasteiger partial charge in [-0.2, -0.15) is 9.94 Å². The van der Waals surface area contributed by atoms with Crippen LogP contribution in [0.1, 0.15) is 75.0 Å². The number of hydrogen-bond acceptors (Lipinski definition) is 7. The number of nitrogens with one attached hydrogen (secondary N) is 4. The van der Waals surface area contributed by atoms with Crippen LogP contribution in [-0.2, 0) is 23.1 Å². The molecule has 3 amide bonds. The molecule has 4 aromatic rings. The van der Waals surface area contributed by atoms with Crippen molar-refractivity contribution >= 4 is 17.7 Å². The molecular weight excluding hydrogens is 639 g/mol. The normalized spacial score (nSPS) is 16.8. The lowest BCUT2D eigenvalue weighted by Crippen LogP contribution is -2.45. The van der Waals surface area contributed by atoms with E-state index in [1.807, 2.05) is 31.2 Å². The van der Waals surface area contributed by atoms with Gasteiger partial charge >= 0.3 is 5.69 Å². The van der Waals surface area contributed by atoms with Crippen molar-refractivity contribution in [3.05, 3.63) is 116 Å². The van der Waals surface area contributed by atoms with Crippen LogP contribution in [0.2, 0.25) is 0 Å². The van der Waals surface area contributed by atoms with Gasteiger partial charge in [-0.25, -0.2) is 9.18 Å². The first kappa shape index (κ1) is 34.3. The summed E-state index contributed by atoms with van der Waals surface area (Å²) in [6, 6.07) is 17.8. The molecule has 2 atom stereocenters. The number of nitrogens with zero attached hydrogens (tertiary/aromatic N) is 4. The Labute approximate surface area is 288 Å². The summed E-state index contributed by atoms with van der Waals surface area (Å²) in [4.78, 5) is 57.1. The van der Waals surface area contributed by atoms with Crippen LogP contribution in [-0.4, -0.2) is 76.7 Å². The lowest BCUT2D eigenvalue weighted by atomic mass is 9.67. The van der Waals surface area contributed by atoms with Gasteiger partial charge in [-0.05, 0) is 110 Å². The highest BCUT2D eigenvalue weighted by Gasteiger charge is 2.45. The van der Waals surface area contributed by atoms with E-state index in [0.29, 0.717) is 54.9 Å². The van der Waals surface area contributed by atoms with Crippen molar-refractivity contribution in [2.75, 3.05) is 27.2 Å². The third-order valence-electron chi connectivity index (χ3n) is 9.80. The van der Waals surface area contributed by atoms with Crippen molar-refractivity contribution in [3.8, 4) is 11.8 Å². The number of rotatable bonds is 9. The van der Waals surface area contributed by atoms with Gasteiger partial charge in [0.25, 0.3) is 11.8 Å². The van der Waals surface area contributed by atoms with Gasteiger partial charge in [0.1, 0.15) is 17.7 Å². The molecule has 4 N–H and O–H groups in total. The third-order valence-corrected chi connectivity index (χ3v) is 9.80. The lowest BCUT2D eigenvalue weighted by Gasteiger charge is -2.37. The number of benzene rings is 3. The zero-order chi connectivity index (χ0) is 35.6. The molecule has 0 saturated carbocycles. The Balaban J connectivity index is 1.53. The second kappa shape index (κ2) is 14.1. The van der Waals surface area contributed by atoms with E-state index < -0.39 is 23.0 Å². The highest BCUT2D eigenvalue weighted by Crippen LogP contribution is 2.47. The molecule has 1 fully saturated rings. The average Bonchev–Trinajstić information content (AvgIpc) is 3.75. The molecule has 1 saturated heterocycles. The van der Waals surface area contributed by atoms with Crippen LogP contribution >= 0.6 is 0 Å². The van der Waals surface area contributed by atoms with Gasteiger partial charge in [0.05, 0.1) is 23.7 Å². The Hall–Kier alpha value is -5.61. The first-order chi connectivity index (χ1) is 24.1. The molecule has 1 aromatic heterocycles. The van der Waals surface area contributed by atoms with Gasteiger partial charge < -0.3 is 20.9 Å². The molecule has 13 heteroatoms. The minimum atomic E-state index is -1.15. The highest BCUT2D eigenvalue weighted by molar-refractivity contribution is 5.95. The van der Waals surface area contributed by atoms with E-state index >= 15 is 0 Å². The van der Waals surface area contributed by atoms with Gasteiger partial charge in [0, 0.05) is 37.8 Å². The number of carbonyl (C=O) groups excluding carboxylic acids is 3. The van der Waals surface area contributed by atoms with Crippen LogP contribution in [0, 0.1) is 17.1 Å². The Morgan fingerprint density at radius 2 is 1.60 bits per heavy atom. The molecule has 0 spiro atoms. The van der Waals surface area contributed by atoms with Crippen molar-refractivity contribution in [1.29, 1.82) is 5.26 Å². The van der Waals surface area contributed by atoms with Crippen molar-refractivity contribution < 1.29 is 18.8 Å². The molecule has 2 heterocycles. The molecule has 50 heavy (non-hydrogen) atoms. The SMILES string of the molecule is CNC(=O)c1ccc2c(c1)CCc1cc(C(=O)NC)ccc1C2(C[C@H](C)NCC(=O)N1CCC[C@H]1C#N)c1nn(-c2ccc(F)cc2)c(=O)[nH]1. The number of nitriles is 1. The number of fused-ring (bicyclic) bond motifs is 2. The fraction of sp³-hybridized carbons (Fsp3) is 0.351.